The van der Waals surface area contributed by atoms with Gasteiger partial charge in [-0.2, -0.15) is 0 Å². The Morgan fingerprint density at radius 3 is 1.26 bits per heavy atom. The van der Waals surface area contributed by atoms with Crippen LogP contribution in [0.2, 0.25) is 0 Å². The van der Waals surface area contributed by atoms with Gasteiger partial charge in [0, 0.05) is 51.1 Å². The van der Waals surface area contributed by atoms with Crippen LogP contribution in [0, 0.1) is 11.8 Å². The third-order valence-electron chi connectivity index (χ3n) is 8.19. The van der Waals surface area contributed by atoms with Gasteiger partial charge in [0.25, 0.3) is 0 Å². The number of benzene rings is 4. The molecule has 196 valence electrons. The van der Waals surface area contributed by atoms with Crippen molar-refractivity contribution in [3.8, 4) is 0 Å². The number of hydrogen-bond acceptors (Lipinski definition) is 2. The molecular formula is C36H40S2. The summed E-state index contributed by atoms with van der Waals surface area (Å²) < 4.78 is 5.72. The molecule has 38 heavy (non-hydrogen) atoms. The first kappa shape index (κ1) is 25.8. The SMILES string of the molecule is CC(C)CCCCc1ccc2sc3c(ccc4c3ccc3c5cc(CCCCC(C)C)ccc5sc34)c2c1. The zero-order valence-electron chi connectivity index (χ0n) is 23.4. The summed E-state index contributed by atoms with van der Waals surface area (Å²) in [6, 6.07) is 24.0. The molecule has 6 rings (SSSR count). The monoisotopic (exact) mass is 536 g/mol. The van der Waals surface area contributed by atoms with Crippen LogP contribution in [0.4, 0.5) is 0 Å². The minimum Gasteiger partial charge on any atom is -0.135 e. The predicted octanol–water partition coefficient (Wildman–Crippen LogP) is 12.3. The molecule has 2 heterocycles. The van der Waals surface area contributed by atoms with E-state index in [1.165, 1.54) is 114 Å². The van der Waals surface area contributed by atoms with Gasteiger partial charge in [0.05, 0.1) is 0 Å². The molecule has 0 aliphatic rings. The Morgan fingerprint density at radius 2 is 0.868 bits per heavy atom. The highest BCUT2D eigenvalue weighted by Crippen LogP contribution is 2.44. The number of unbranched alkanes of at least 4 members (excludes halogenated alkanes) is 2. The van der Waals surface area contributed by atoms with Gasteiger partial charge in [0.2, 0.25) is 0 Å². The lowest BCUT2D eigenvalue weighted by Crippen LogP contribution is -1.90. The maximum absolute atomic E-state index is 2.47. The Labute approximate surface area is 235 Å². The molecule has 0 N–H and O–H groups in total. The normalized spacial score (nSPS) is 12.5. The summed E-state index contributed by atoms with van der Waals surface area (Å²) in [6.45, 7) is 9.31. The van der Waals surface area contributed by atoms with Crippen LogP contribution in [0.5, 0.6) is 0 Å². The van der Waals surface area contributed by atoms with Crippen molar-refractivity contribution >= 4 is 73.8 Å². The van der Waals surface area contributed by atoms with Crippen molar-refractivity contribution in [2.75, 3.05) is 0 Å². The summed E-state index contributed by atoms with van der Waals surface area (Å²) in [5.74, 6) is 1.61. The van der Waals surface area contributed by atoms with Crippen molar-refractivity contribution in [2.45, 2.75) is 79.1 Å². The van der Waals surface area contributed by atoms with Gasteiger partial charge in [-0.1, -0.05) is 89.8 Å². The molecule has 0 nitrogen and oxygen atoms in total. The van der Waals surface area contributed by atoms with Crippen molar-refractivity contribution in [1.82, 2.24) is 0 Å². The van der Waals surface area contributed by atoms with Gasteiger partial charge in [-0.25, -0.2) is 0 Å². The van der Waals surface area contributed by atoms with Gasteiger partial charge in [0.15, 0.2) is 0 Å². The third-order valence-corrected chi connectivity index (χ3v) is 10.6. The summed E-state index contributed by atoms with van der Waals surface area (Å²) in [6.07, 6.45) is 10.3. The van der Waals surface area contributed by atoms with E-state index in [-0.39, 0.29) is 0 Å². The molecular weight excluding hydrogens is 497 g/mol. The highest BCUT2D eigenvalue weighted by molar-refractivity contribution is 7.28. The molecule has 0 amide bonds. The predicted molar refractivity (Wildman–Crippen MR) is 175 cm³/mol. The van der Waals surface area contributed by atoms with Gasteiger partial charge in [-0.15, -0.1) is 22.7 Å². The molecule has 0 aliphatic heterocycles. The molecule has 6 aromatic rings. The summed E-state index contributed by atoms with van der Waals surface area (Å²) >= 11 is 3.94. The molecule has 0 radical (unpaired) electrons. The standard InChI is InChI=1S/C36H40S2/c1-23(2)9-5-7-11-25-13-19-33-31(21-25)29-17-15-28-27(35(29)37-33)16-18-30-32-22-26(12-8-6-10-24(3)4)14-20-34(32)38-36(28)30/h13-24H,5-12H2,1-4H3. The molecule has 0 aliphatic carbocycles. The fourth-order valence-corrected chi connectivity index (χ4v) is 8.46. The van der Waals surface area contributed by atoms with E-state index in [9.17, 15) is 0 Å². The van der Waals surface area contributed by atoms with E-state index in [0.29, 0.717) is 0 Å². The molecule has 0 atom stereocenters. The lowest BCUT2D eigenvalue weighted by Gasteiger charge is -2.05. The first-order valence-electron chi connectivity index (χ1n) is 14.7. The van der Waals surface area contributed by atoms with E-state index >= 15 is 0 Å². The first-order valence-corrected chi connectivity index (χ1v) is 16.3. The number of rotatable bonds is 10. The van der Waals surface area contributed by atoms with Crippen LogP contribution < -0.4 is 0 Å². The van der Waals surface area contributed by atoms with E-state index in [0.717, 1.165) is 11.8 Å². The average Bonchev–Trinajstić information content (AvgIpc) is 3.47. The van der Waals surface area contributed by atoms with Crippen LogP contribution in [0.1, 0.15) is 77.3 Å². The molecule has 2 aromatic heterocycles. The smallest absolute Gasteiger partial charge is 0.0434 e. The van der Waals surface area contributed by atoms with Gasteiger partial charge < -0.3 is 0 Å². The lowest BCUT2D eigenvalue weighted by molar-refractivity contribution is 0.538. The third kappa shape index (κ3) is 5.10. The molecule has 4 aromatic carbocycles. The zero-order valence-corrected chi connectivity index (χ0v) is 25.0. The largest absolute Gasteiger partial charge is 0.135 e. The molecule has 2 heteroatoms. The maximum atomic E-state index is 2.47. The minimum absolute atomic E-state index is 0.806. The van der Waals surface area contributed by atoms with Crippen molar-refractivity contribution in [3.63, 3.8) is 0 Å². The average molecular weight is 537 g/mol. The van der Waals surface area contributed by atoms with Crippen molar-refractivity contribution in [3.05, 3.63) is 71.8 Å². The van der Waals surface area contributed by atoms with Crippen molar-refractivity contribution in [2.24, 2.45) is 11.8 Å². The fourth-order valence-electron chi connectivity index (χ4n) is 6.04. The Balaban J connectivity index is 1.34. The van der Waals surface area contributed by atoms with E-state index in [2.05, 4.69) is 88.4 Å². The van der Waals surface area contributed by atoms with Crippen LogP contribution in [0.3, 0.4) is 0 Å². The second-order valence-corrected chi connectivity index (χ2v) is 14.2. The Kier molecular flexibility index (Phi) is 7.47. The number of hydrogen-bond donors (Lipinski definition) is 0. The second kappa shape index (κ2) is 11.0. The topological polar surface area (TPSA) is 0 Å². The van der Waals surface area contributed by atoms with E-state index in [4.69, 9.17) is 0 Å². The summed E-state index contributed by atoms with van der Waals surface area (Å²) in [4.78, 5) is 0. The van der Waals surface area contributed by atoms with Gasteiger partial charge in [0.1, 0.15) is 0 Å². The van der Waals surface area contributed by atoms with Crippen molar-refractivity contribution in [1.29, 1.82) is 0 Å². The summed E-state index contributed by atoms with van der Waals surface area (Å²) in [7, 11) is 0. The summed E-state index contributed by atoms with van der Waals surface area (Å²) in [5.41, 5.74) is 2.97. The van der Waals surface area contributed by atoms with Crippen LogP contribution >= 0.6 is 22.7 Å². The Bertz CT molecular complexity index is 1600. The highest BCUT2D eigenvalue weighted by Gasteiger charge is 2.14. The molecule has 0 bridgehead atoms. The number of aryl methyl sites for hydroxylation is 2. The fraction of sp³-hybridized carbons (Fsp3) is 0.389. The van der Waals surface area contributed by atoms with Crippen LogP contribution in [0.15, 0.2) is 60.7 Å². The highest BCUT2D eigenvalue weighted by atomic mass is 32.1. The molecule has 0 saturated heterocycles. The lowest BCUT2D eigenvalue weighted by atomic mass is 9.99. The van der Waals surface area contributed by atoms with E-state index in [1.54, 1.807) is 0 Å². The van der Waals surface area contributed by atoms with E-state index in [1.807, 2.05) is 22.7 Å². The number of thiophene rings is 2. The Morgan fingerprint density at radius 1 is 0.474 bits per heavy atom. The molecule has 0 saturated carbocycles. The quantitative estimate of drug-likeness (QED) is 0.153. The van der Waals surface area contributed by atoms with Crippen LogP contribution in [0.25, 0.3) is 51.1 Å². The first-order chi connectivity index (χ1) is 18.5. The Hall–Kier alpha value is -2.42. The van der Waals surface area contributed by atoms with Crippen LogP contribution in [-0.4, -0.2) is 0 Å². The molecule has 0 spiro atoms. The molecule has 0 fully saturated rings. The van der Waals surface area contributed by atoms with Gasteiger partial charge >= 0.3 is 0 Å². The van der Waals surface area contributed by atoms with Gasteiger partial charge in [-0.3, -0.25) is 0 Å². The summed E-state index contributed by atoms with van der Waals surface area (Å²) in [5, 5.41) is 8.54. The maximum Gasteiger partial charge on any atom is 0.0434 e. The van der Waals surface area contributed by atoms with Gasteiger partial charge in [-0.05, 0) is 72.9 Å². The van der Waals surface area contributed by atoms with Crippen molar-refractivity contribution < 1.29 is 0 Å². The zero-order chi connectivity index (χ0) is 26.2. The molecule has 0 unspecified atom stereocenters. The van der Waals surface area contributed by atoms with Crippen LogP contribution in [-0.2, 0) is 12.8 Å². The number of fused-ring (bicyclic) bond motifs is 9. The minimum atomic E-state index is 0.806. The van der Waals surface area contributed by atoms with E-state index < -0.39 is 0 Å². The second-order valence-electron chi connectivity index (χ2n) is 12.1.